The van der Waals surface area contributed by atoms with Gasteiger partial charge < -0.3 is 4.90 Å². The van der Waals surface area contributed by atoms with E-state index in [2.05, 4.69) is 33.2 Å². The molecular weight excluding hydrogens is 254 g/mol. The summed E-state index contributed by atoms with van der Waals surface area (Å²) < 4.78 is 0. The highest BCUT2D eigenvalue weighted by Gasteiger charge is 2.26. The molecule has 2 atom stereocenters. The summed E-state index contributed by atoms with van der Waals surface area (Å²) in [6.45, 7) is 4.17. The van der Waals surface area contributed by atoms with Gasteiger partial charge in [0, 0.05) is 18.5 Å². The van der Waals surface area contributed by atoms with E-state index in [1.54, 1.807) is 17.7 Å². The Morgan fingerprint density at radius 3 is 3.18 bits per heavy atom. The SMILES string of the molecule is CC1CN(c2ncnc3sccc23)CCC1Cl. The standard InChI is InChI=1S/C12H14ClN3S/c1-8-6-16(4-2-10(8)13)11-9-3-5-17-12(9)15-7-14-11/h3,5,7-8,10H,2,4,6H2,1H3. The Balaban J connectivity index is 1.96. The minimum atomic E-state index is 0.297. The third kappa shape index (κ3) is 2.00. The number of alkyl halides is 1. The minimum Gasteiger partial charge on any atom is -0.356 e. The lowest BCUT2D eigenvalue weighted by atomic mass is 9.99. The summed E-state index contributed by atoms with van der Waals surface area (Å²) in [7, 11) is 0. The van der Waals surface area contributed by atoms with Crippen LogP contribution in [-0.2, 0) is 0 Å². The van der Waals surface area contributed by atoms with Gasteiger partial charge in [-0.3, -0.25) is 0 Å². The van der Waals surface area contributed by atoms with Crippen LogP contribution in [-0.4, -0.2) is 28.4 Å². The Labute approximate surface area is 109 Å². The second kappa shape index (κ2) is 4.42. The summed E-state index contributed by atoms with van der Waals surface area (Å²) in [6.07, 6.45) is 2.68. The Bertz CT molecular complexity index is 527. The van der Waals surface area contributed by atoms with E-state index in [1.807, 2.05) is 0 Å². The molecule has 0 aliphatic carbocycles. The molecule has 0 amide bonds. The summed E-state index contributed by atoms with van der Waals surface area (Å²) >= 11 is 7.92. The summed E-state index contributed by atoms with van der Waals surface area (Å²) in [5.74, 6) is 1.57. The molecule has 2 aromatic heterocycles. The number of halogens is 1. The summed E-state index contributed by atoms with van der Waals surface area (Å²) in [4.78, 5) is 12.1. The summed E-state index contributed by atoms with van der Waals surface area (Å²) in [6, 6.07) is 2.10. The van der Waals surface area contributed by atoms with Crippen molar-refractivity contribution in [2.45, 2.75) is 18.7 Å². The molecule has 1 aliphatic heterocycles. The predicted molar refractivity (Wildman–Crippen MR) is 73.1 cm³/mol. The maximum Gasteiger partial charge on any atom is 0.140 e. The molecule has 17 heavy (non-hydrogen) atoms. The molecule has 0 N–H and O–H groups in total. The van der Waals surface area contributed by atoms with Crippen LogP contribution in [0.25, 0.3) is 10.2 Å². The van der Waals surface area contributed by atoms with Crippen molar-refractivity contribution in [1.29, 1.82) is 0 Å². The third-order valence-electron chi connectivity index (χ3n) is 3.34. The molecule has 3 nitrogen and oxygen atoms in total. The topological polar surface area (TPSA) is 29.0 Å². The number of hydrogen-bond acceptors (Lipinski definition) is 4. The van der Waals surface area contributed by atoms with Gasteiger partial charge in [0.15, 0.2) is 0 Å². The smallest absolute Gasteiger partial charge is 0.140 e. The van der Waals surface area contributed by atoms with Crippen molar-refractivity contribution in [2.24, 2.45) is 5.92 Å². The zero-order valence-electron chi connectivity index (χ0n) is 9.64. The van der Waals surface area contributed by atoms with Gasteiger partial charge in [0.2, 0.25) is 0 Å². The normalized spacial score (nSPS) is 25.4. The van der Waals surface area contributed by atoms with Gasteiger partial charge in [-0.1, -0.05) is 6.92 Å². The number of aromatic nitrogens is 2. The average molecular weight is 268 g/mol. The Morgan fingerprint density at radius 1 is 1.47 bits per heavy atom. The Hall–Kier alpha value is -0.870. The number of fused-ring (bicyclic) bond motifs is 1. The van der Waals surface area contributed by atoms with Crippen molar-refractivity contribution in [3.8, 4) is 0 Å². The molecule has 3 heterocycles. The van der Waals surface area contributed by atoms with E-state index in [4.69, 9.17) is 11.6 Å². The maximum atomic E-state index is 6.26. The van der Waals surface area contributed by atoms with Crippen molar-refractivity contribution in [1.82, 2.24) is 9.97 Å². The lowest BCUT2D eigenvalue weighted by Crippen LogP contribution is -2.40. The molecule has 1 saturated heterocycles. The molecule has 0 bridgehead atoms. The van der Waals surface area contributed by atoms with Crippen LogP contribution in [0.4, 0.5) is 5.82 Å². The van der Waals surface area contributed by atoms with Crippen LogP contribution in [0.3, 0.4) is 0 Å². The molecule has 2 aromatic rings. The zero-order chi connectivity index (χ0) is 11.8. The van der Waals surface area contributed by atoms with Gasteiger partial charge in [-0.2, -0.15) is 0 Å². The van der Waals surface area contributed by atoms with Gasteiger partial charge >= 0.3 is 0 Å². The van der Waals surface area contributed by atoms with E-state index in [9.17, 15) is 0 Å². The number of nitrogens with zero attached hydrogens (tertiary/aromatic N) is 3. The Kier molecular flexibility index (Phi) is 2.92. The van der Waals surface area contributed by atoms with E-state index < -0.39 is 0 Å². The van der Waals surface area contributed by atoms with Gasteiger partial charge in [0.25, 0.3) is 0 Å². The molecule has 0 saturated carbocycles. The van der Waals surface area contributed by atoms with E-state index in [1.165, 1.54) is 0 Å². The van der Waals surface area contributed by atoms with E-state index in [-0.39, 0.29) is 0 Å². The van der Waals surface area contributed by atoms with E-state index in [0.717, 1.165) is 35.5 Å². The molecule has 3 rings (SSSR count). The zero-order valence-corrected chi connectivity index (χ0v) is 11.2. The summed E-state index contributed by atoms with van der Waals surface area (Å²) in [5, 5.41) is 3.53. The number of rotatable bonds is 1. The van der Waals surface area contributed by atoms with Crippen LogP contribution in [0.2, 0.25) is 0 Å². The van der Waals surface area contributed by atoms with Gasteiger partial charge in [0.05, 0.1) is 5.39 Å². The van der Waals surface area contributed by atoms with Crippen LogP contribution in [0, 0.1) is 5.92 Å². The fourth-order valence-electron chi connectivity index (χ4n) is 2.34. The van der Waals surface area contributed by atoms with E-state index in [0.29, 0.717) is 11.3 Å². The van der Waals surface area contributed by atoms with Crippen molar-refractivity contribution >= 4 is 39.0 Å². The van der Waals surface area contributed by atoms with Crippen LogP contribution in [0.5, 0.6) is 0 Å². The lowest BCUT2D eigenvalue weighted by Gasteiger charge is -2.35. The van der Waals surface area contributed by atoms with Gasteiger partial charge in [-0.25, -0.2) is 9.97 Å². The van der Waals surface area contributed by atoms with Crippen molar-refractivity contribution in [2.75, 3.05) is 18.0 Å². The lowest BCUT2D eigenvalue weighted by molar-refractivity contribution is 0.453. The number of thiophene rings is 1. The van der Waals surface area contributed by atoms with Crippen LogP contribution >= 0.6 is 22.9 Å². The number of anilines is 1. The first-order chi connectivity index (χ1) is 8.25. The van der Waals surface area contributed by atoms with Gasteiger partial charge in [-0.05, 0) is 23.8 Å². The third-order valence-corrected chi connectivity index (χ3v) is 4.81. The molecule has 1 aliphatic rings. The minimum absolute atomic E-state index is 0.297. The average Bonchev–Trinajstić information content (AvgIpc) is 2.80. The second-order valence-electron chi connectivity index (χ2n) is 4.56. The first kappa shape index (κ1) is 11.2. The highest BCUT2D eigenvalue weighted by molar-refractivity contribution is 7.16. The predicted octanol–water partition coefficient (Wildman–Crippen LogP) is 3.14. The number of hydrogen-bond donors (Lipinski definition) is 0. The van der Waals surface area contributed by atoms with Crippen LogP contribution in [0.15, 0.2) is 17.8 Å². The molecule has 2 unspecified atom stereocenters. The Morgan fingerprint density at radius 2 is 2.35 bits per heavy atom. The van der Waals surface area contributed by atoms with Crippen molar-refractivity contribution < 1.29 is 0 Å². The van der Waals surface area contributed by atoms with Gasteiger partial charge in [-0.15, -0.1) is 22.9 Å². The molecule has 1 fully saturated rings. The quantitative estimate of drug-likeness (QED) is 0.744. The van der Waals surface area contributed by atoms with Gasteiger partial charge in [0.1, 0.15) is 17.0 Å². The highest BCUT2D eigenvalue weighted by atomic mass is 35.5. The fourth-order valence-corrected chi connectivity index (χ4v) is 3.24. The molecule has 90 valence electrons. The summed E-state index contributed by atoms with van der Waals surface area (Å²) in [5.41, 5.74) is 0. The molecular formula is C12H14ClN3S. The van der Waals surface area contributed by atoms with Crippen molar-refractivity contribution in [3.05, 3.63) is 17.8 Å². The molecule has 0 spiro atoms. The van der Waals surface area contributed by atoms with Crippen LogP contribution < -0.4 is 4.90 Å². The first-order valence-electron chi connectivity index (χ1n) is 5.83. The molecule has 0 radical (unpaired) electrons. The number of piperidine rings is 1. The van der Waals surface area contributed by atoms with Crippen molar-refractivity contribution in [3.63, 3.8) is 0 Å². The highest BCUT2D eigenvalue weighted by Crippen LogP contribution is 2.31. The monoisotopic (exact) mass is 267 g/mol. The molecule has 0 aromatic carbocycles. The van der Waals surface area contributed by atoms with Crippen LogP contribution in [0.1, 0.15) is 13.3 Å². The second-order valence-corrected chi connectivity index (χ2v) is 6.02. The maximum absolute atomic E-state index is 6.26. The first-order valence-corrected chi connectivity index (χ1v) is 7.14. The largest absolute Gasteiger partial charge is 0.356 e. The fraction of sp³-hybridized carbons (Fsp3) is 0.500. The molecule has 5 heteroatoms. The van der Waals surface area contributed by atoms with E-state index >= 15 is 0 Å².